The Bertz CT molecular complexity index is 624. The first-order chi connectivity index (χ1) is 9.40. The molecule has 2 aromatic carbocycles. The molecule has 0 amide bonds. The molecule has 0 aliphatic heterocycles. The Labute approximate surface area is 138 Å². The highest BCUT2D eigenvalue weighted by Crippen LogP contribution is 2.35. The van der Waals surface area contributed by atoms with Gasteiger partial charge in [0.25, 0.3) is 0 Å². The summed E-state index contributed by atoms with van der Waals surface area (Å²) in [6, 6.07) is 7.61. The molecule has 0 bridgehead atoms. The van der Waals surface area contributed by atoms with E-state index >= 15 is 0 Å². The Hall–Kier alpha value is -0.450. The minimum atomic E-state index is -0.571. The van der Waals surface area contributed by atoms with Crippen molar-refractivity contribution in [3.63, 3.8) is 0 Å². The molecule has 0 aromatic heterocycles. The van der Waals surface area contributed by atoms with Gasteiger partial charge in [0.15, 0.2) is 0 Å². The molecule has 0 fully saturated rings. The first-order valence-corrected chi connectivity index (χ1v) is 7.95. The molecule has 0 aliphatic carbocycles. The predicted molar refractivity (Wildman–Crippen MR) is 85.2 cm³/mol. The number of benzene rings is 2. The summed E-state index contributed by atoms with van der Waals surface area (Å²) in [6.07, 6.45) is 0.0914. The average Bonchev–Trinajstić information content (AvgIpc) is 2.38. The Morgan fingerprint density at radius 3 is 2.30 bits per heavy atom. The van der Waals surface area contributed by atoms with E-state index in [1.165, 1.54) is 18.2 Å². The van der Waals surface area contributed by atoms with Crippen LogP contribution in [0, 0.1) is 18.6 Å². The Kier molecular flexibility index (Phi) is 5.21. The summed E-state index contributed by atoms with van der Waals surface area (Å²) >= 11 is 13.2. The molecule has 0 saturated carbocycles. The minimum absolute atomic E-state index is 0.0103. The number of halogens is 5. The van der Waals surface area contributed by atoms with Crippen molar-refractivity contribution in [2.75, 3.05) is 0 Å². The van der Waals surface area contributed by atoms with Gasteiger partial charge in [-0.05, 0) is 48.7 Å². The molecule has 20 heavy (non-hydrogen) atoms. The van der Waals surface area contributed by atoms with Crippen molar-refractivity contribution < 1.29 is 8.78 Å². The molecule has 2 rings (SSSR count). The average molecular weight is 425 g/mol. The second-order valence-electron chi connectivity index (χ2n) is 4.49. The molecule has 106 valence electrons. The first kappa shape index (κ1) is 15.9. The first-order valence-electron chi connectivity index (χ1n) is 5.92. The maximum atomic E-state index is 13.7. The molecular weight excluding hydrogens is 413 g/mol. The fraction of sp³-hybridized carbons (Fsp3) is 0.200. The summed E-state index contributed by atoms with van der Waals surface area (Å²) in [4.78, 5) is 0. The second-order valence-corrected chi connectivity index (χ2v) is 6.73. The number of hydrogen-bond acceptors (Lipinski definition) is 0. The fourth-order valence-electron chi connectivity index (χ4n) is 1.92. The molecule has 0 aliphatic rings. The fourth-order valence-corrected chi connectivity index (χ4v) is 3.48. The van der Waals surface area contributed by atoms with Crippen LogP contribution in [-0.2, 0) is 6.42 Å². The van der Waals surface area contributed by atoms with Crippen LogP contribution in [0.5, 0.6) is 0 Å². The Morgan fingerprint density at radius 2 is 1.70 bits per heavy atom. The van der Waals surface area contributed by atoms with Gasteiger partial charge >= 0.3 is 0 Å². The molecule has 2 aromatic rings. The van der Waals surface area contributed by atoms with E-state index in [4.69, 9.17) is 11.6 Å². The molecule has 1 atom stereocenters. The Balaban J connectivity index is 2.33. The molecule has 0 spiro atoms. The zero-order valence-corrected chi connectivity index (χ0v) is 14.5. The standard InChI is InChI=1S/C15H11Br2ClF2/c1-8-5-12(17)9(6-11(8)16)13(18)7-10-14(19)3-2-4-15(10)20/h2-6,13H,7H2,1H3. The lowest BCUT2D eigenvalue weighted by Gasteiger charge is -2.14. The molecular formula is C15H11Br2ClF2. The van der Waals surface area contributed by atoms with E-state index < -0.39 is 17.0 Å². The van der Waals surface area contributed by atoms with E-state index in [0.717, 1.165) is 20.1 Å². The second kappa shape index (κ2) is 6.54. The summed E-state index contributed by atoms with van der Waals surface area (Å²) in [5, 5.41) is -0.521. The van der Waals surface area contributed by atoms with Crippen LogP contribution in [0.15, 0.2) is 39.3 Å². The van der Waals surface area contributed by atoms with Crippen molar-refractivity contribution in [2.45, 2.75) is 18.7 Å². The van der Waals surface area contributed by atoms with Crippen molar-refractivity contribution in [3.8, 4) is 0 Å². The van der Waals surface area contributed by atoms with Crippen molar-refractivity contribution in [3.05, 3.63) is 67.6 Å². The van der Waals surface area contributed by atoms with Gasteiger partial charge in [-0.1, -0.05) is 37.9 Å². The summed E-state index contributed by atoms with van der Waals surface area (Å²) in [7, 11) is 0. The molecule has 1 unspecified atom stereocenters. The molecule has 5 heteroatoms. The number of alkyl halides is 1. The molecule has 0 saturated heterocycles. The van der Waals surface area contributed by atoms with E-state index in [2.05, 4.69) is 31.9 Å². The van der Waals surface area contributed by atoms with Crippen molar-refractivity contribution in [2.24, 2.45) is 0 Å². The van der Waals surface area contributed by atoms with Gasteiger partial charge in [-0.3, -0.25) is 0 Å². The van der Waals surface area contributed by atoms with Gasteiger partial charge in [-0.2, -0.15) is 0 Å². The quantitative estimate of drug-likeness (QED) is 0.506. The maximum Gasteiger partial charge on any atom is 0.129 e. The van der Waals surface area contributed by atoms with Gasteiger partial charge in [0.2, 0.25) is 0 Å². The molecule has 0 radical (unpaired) electrons. The molecule has 0 heterocycles. The van der Waals surface area contributed by atoms with E-state index in [9.17, 15) is 8.78 Å². The van der Waals surface area contributed by atoms with Gasteiger partial charge in [0.05, 0.1) is 5.38 Å². The third-order valence-electron chi connectivity index (χ3n) is 3.06. The van der Waals surface area contributed by atoms with Crippen molar-refractivity contribution >= 4 is 43.5 Å². The largest absolute Gasteiger partial charge is 0.207 e. The van der Waals surface area contributed by atoms with E-state index in [-0.39, 0.29) is 12.0 Å². The third-order valence-corrected chi connectivity index (χ3v) is 4.99. The van der Waals surface area contributed by atoms with Gasteiger partial charge in [-0.25, -0.2) is 8.78 Å². The van der Waals surface area contributed by atoms with E-state index in [0.29, 0.717) is 0 Å². The summed E-state index contributed by atoms with van der Waals surface area (Å²) in [5.74, 6) is -1.14. The van der Waals surface area contributed by atoms with Gasteiger partial charge in [-0.15, -0.1) is 11.6 Å². The van der Waals surface area contributed by atoms with Crippen LogP contribution >= 0.6 is 43.5 Å². The van der Waals surface area contributed by atoms with Crippen LogP contribution in [0.2, 0.25) is 0 Å². The van der Waals surface area contributed by atoms with Gasteiger partial charge < -0.3 is 0 Å². The predicted octanol–water partition coefficient (Wildman–Crippen LogP) is 6.32. The third kappa shape index (κ3) is 3.41. The Morgan fingerprint density at radius 1 is 1.10 bits per heavy atom. The van der Waals surface area contributed by atoms with Crippen LogP contribution < -0.4 is 0 Å². The highest BCUT2D eigenvalue weighted by atomic mass is 79.9. The number of hydrogen-bond donors (Lipinski definition) is 0. The lowest BCUT2D eigenvalue weighted by molar-refractivity contribution is 0.553. The van der Waals surface area contributed by atoms with Crippen LogP contribution in [-0.4, -0.2) is 0 Å². The zero-order chi connectivity index (χ0) is 14.9. The van der Waals surface area contributed by atoms with Gasteiger partial charge in [0.1, 0.15) is 11.6 Å². The van der Waals surface area contributed by atoms with Crippen molar-refractivity contribution in [1.29, 1.82) is 0 Å². The lowest BCUT2D eigenvalue weighted by atomic mass is 10.0. The minimum Gasteiger partial charge on any atom is -0.207 e. The zero-order valence-electron chi connectivity index (χ0n) is 10.6. The summed E-state index contributed by atoms with van der Waals surface area (Å²) in [5.41, 5.74) is 1.87. The normalized spacial score (nSPS) is 12.5. The smallest absolute Gasteiger partial charge is 0.129 e. The lowest BCUT2D eigenvalue weighted by Crippen LogP contribution is -2.02. The highest BCUT2D eigenvalue weighted by Gasteiger charge is 2.18. The van der Waals surface area contributed by atoms with Crippen LogP contribution in [0.3, 0.4) is 0 Å². The highest BCUT2D eigenvalue weighted by molar-refractivity contribution is 9.11. The van der Waals surface area contributed by atoms with Crippen LogP contribution in [0.4, 0.5) is 8.78 Å². The van der Waals surface area contributed by atoms with Crippen molar-refractivity contribution in [1.82, 2.24) is 0 Å². The van der Waals surface area contributed by atoms with E-state index in [1.54, 1.807) is 0 Å². The van der Waals surface area contributed by atoms with Crippen LogP contribution in [0.25, 0.3) is 0 Å². The monoisotopic (exact) mass is 422 g/mol. The summed E-state index contributed by atoms with van der Waals surface area (Å²) < 4.78 is 29.0. The maximum absolute atomic E-state index is 13.7. The van der Waals surface area contributed by atoms with Gasteiger partial charge in [0, 0.05) is 14.5 Å². The topological polar surface area (TPSA) is 0 Å². The van der Waals surface area contributed by atoms with E-state index in [1.807, 2.05) is 19.1 Å². The number of aryl methyl sites for hydroxylation is 1. The SMILES string of the molecule is Cc1cc(Br)c(C(Cl)Cc2c(F)cccc2F)cc1Br. The number of rotatable bonds is 3. The van der Waals surface area contributed by atoms with Crippen LogP contribution in [0.1, 0.15) is 22.1 Å². The summed E-state index contributed by atoms with van der Waals surface area (Å²) in [6.45, 7) is 1.96. The molecule has 0 nitrogen and oxygen atoms in total. The molecule has 0 N–H and O–H groups in total.